The van der Waals surface area contributed by atoms with E-state index in [9.17, 15) is 4.79 Å². The fourth-order valence-corrected chi connectivity index (χ4v) is 3.19. The first-order chi connectivity index (χ1) is 10.9. The number of para-hydroxylation sites is 1. The molecule has 1 aliphatic rings. The fourth-order valence-electron chi connectivity index (χ4n) is 2.38. The van der Waals surface area contributed by atoms with E-state index in [1.165, 1.54) is 0 Å². The Morgan fingerprint density at radius 2 is 2.04 bits per heavy atom. The van der Waals surface area contributed by atoms with Gasteiger partial charge in [-0.1, -0.05) is 43.8 Å². The van der Waals surface area contributed by atoms with E-state index in [2.05, 4.69) is 31.1 Å². The van der Waals surface area contributed by atoms with Gasteiger partial charge >= 0.3 is 6.09 Å². The van der Waals surface area contributed by atoms with Gasteiger partial charge in [0.2, 0.25) is 0 Å². The molecule has 0 N–H and O–H groups in total. The second-order valence-corrected chi connectivity index (χ2v) is 11.4. The van der Waals surface area contributed by atoms with E-state index in [0.717, 1.165) is 16.8 Å². The van der Waals surface area contributed by atoms with Crippen LogP contribution in [0.2, 0.25) is 19.6 Å². The molecule has 5 heteroatoms. The molecular formula is C18H22ClNO2Si. The molecule has 2 rings (SSSR count). The first kappa shape index (κ1) is 17.6. The van der Waals surface area contributed by atoms with Crippen molar-refractivity contribution in [3.8, 4) is 11.5 Å². The van der Waals surface area contributed by atoms with Crippen LogP contribution in [0.4, 0.5) is 10.5 Å². The zero-order valence-electron chi connectivity index (χ0n) is 14.0. The van der Waals surface area contributed by atoms with E-state index in [4.69, 9.17) is 16.3 Å². The maximum absolute atomic E-state index is 12.5. The van der Waals surface area contributed by atoms with Crippen molar-refractivity contribution in [3.63, 3.8) is 0 Å². The van der Waals surface area contributed by atoms with E-state index in [0.29, 0.717) is 12.5 Å². The number of nitrogens with zero attached hydrogens (tertiary/aromatic N) is 1. The molecule has 23 heavy (non-hydrogen) atoms. The Bertz CT molecular complexity index is 682. The first-order valence-corrected chi connectivity index (χ1v) is 11.8. The fraction of sp³-hybridized carbons (Fsp3) is 0.389. The number of amides is 1. The number of carbonyl (C=O) groups excluding carboxylic acids is 1. The topological polar surface area (TPSA) is 29.5 Å². The third kappa shape index (κ3) is 4.18. The summed E-state index contributed by atoms with van der Waals surface area (Å²) < 4.78 is 5.24. The van der Waals surface area contributed by atoms with Gasteiger partial charge in [-0.2, -0.15) is 0 Å². The normalized spacial score (nSPS) is 16.8. The number of carbonyl (C=O) groups is 1. The molecule has 0 aromatic heterocycles. The highest BCUT2D eigenvalue weighted by Gasteiger charge is 2.31. The average Bonchev–Trinajstić information content (AvgIpc) is 2.51. The summed E-state index contributed by atoms with van der Waals surface area (Å²) in [5, 5.41) is 0. The average molecular weight is 348 g/mol. The van der Waals surface area contributed by atoms with Crippen molar-refractivity contribution in [2.45, 2.75) is 32.6 Å². The van der Waals surface area contributed by atoms with Crippen LogP contribution in [0.1, 0.15) is 12.5 Å². The molecule has 1 heterocycles. The quantitative estimate of drug-likeness (QED) is 0.446. The van der Waals surface area contributed by atoms with Gasteiger partial charge in [0.05, 0.1) is 12.3 Å². The molecule has 0 radical (unpaired) electrons. The minimum absolute atomic E-state index is 0.331. The number of allylic oxidation sites excluding steroid dienone is 1. The Labute approximate surface area is 144 Å². The summed E-state index contributed by atoms with van der Waals surface area (Å²) in [6, 6.07) is 7.39. The zero-order chi connectivity index (χ0) is 17.0. The van der Waals surface area contributed by atoms with Gasteiger partial charge in [0, 0.05) is 11.4 Å². The zero-order valence-corrected chi connectivity index (χ0v) is 15.8. The lowest BCUT2D eigenvalue weighted by molar-refractivity contribution is 0.159. The van der Waals surface area contributed by atoms with Crippen molar-refractivity contribution in [2.75, 3.05) is 17.4 Å². The lowest BCUT2D eigenvalue weighted by Gasteiger charge is -2.32. The molecule has 0 saturated carbocycles. The molecule has 1 amide bonds. The van der Waals surface area contributed by atoms with Crippen molar-refractivity contribution >= 4 is 37.0 Å². The second-order valence-electron chi connectivity index (χ2n) is 6.38. The number of hydrogen-bond donors (Lipinski definition) is 0. The van der Waals surface area contributed by atoms with Gasteiger partial charge in [-0.05, 0) is 24.6 Å². The van der Waals surface area contributed by atoms with Crippen molar-refractivity contribution in [1.82, 2.24) is 0 Å². The number of fused-ring (bicyclic) bond motifs is 1. The second kappa shape index (κ2) is 7.25. The Kier molecular flexibility index (Phi) is 5.56. The van der Waals surface area contributed by atoms with Gasteiger partial charge in [0.1, 0.15) is 14.1 Å². The number of alkyl halides is 1. The SMILES string of the molecule is CCOC(=O)N1c2ccccc2C(CCl)=CC1C#C[Si](C)(C)C. The van der Waals surface area contributed by atoms with Crippen LogP contribution in [0.25, 0.3) is 5.57 Å². The molecule has 1 unspecified atom stereocenters. The van der Waals surface area contributed by atoms with E-state index in [1.54, 1.807) is 11.8 Å². The summed E-state index contributed by atoms with van der Waals surface area (Å²) in [4.78, 5) is 14.1. The van der Waals surface area contributed by atoms with Crippen LogP contribution in [0, 0.1) is 11.5 Å². The molecule has 1 aromatic carbocycles. The van der Waals surface area contributed by atoms with E-state index >= 15 is 0 Å². The molecular weight excluding hydrogens is 326 g/mol. The van der Waals surface area contributed by atoms with Crippen LogP contribution in [0.3, 0.4) is 0 Å². The van der Waals surface area contributed by atoms with Crippen molar-refractivity contribution in [3.05, 3.63) is 35.9 Å². The monoisotopic (exact) mass is 347 g/mol. The van der Waals surface area contributed by atoms with Gasteiger partial charge in [0.25, 0.3) is 0 Å². The van der Waals surface area contributed by atoms with Crippen molar-refractivity contribution in [1.29, 1.82) is 0 Å². The van der Waals surface area contributed by atoms with E-state index in [1.807, 2.05) is 30.3 Å². The molecule has 0 fully saturated rings. The molecule has 1 aliphatic heterocycles. The maximum Gasteiger partial charge on any atom is 0.415 e. The summed E-state index contributed by atoms with van der Waals surface area (Å²) in [6.07, 6.45) is 1.60. The van der Waals surface area contributed by atoms with Gasteiger partial charge in [0.15, 0.2) is 0 Å². The van der Waals surface area contributed by atoms with E-state index < -0.39 is 8.07 Å². The summed E-state index contributed by atoms with van der Waals surface area (Å²) in [5.74, 6) is 3.65. The molecule has 0 bridgehead atoms. The van der Waals surface area contributed by atoms with Gasteiger partial charge in [-0.3, -0.25) is 4.90 Å². The van der Waals surface area contributed by atoms with Gasteiger partial charge in [-0.15, -0.1) is 17.1 Å². The van der Waals surface area contributed by atoms with Gasteiger partial charge in [-0.25, -0.2) is 4.79 Å². The smallest absolute Gasteiger partial charge is 0.415 e. The van der Waals surface area contributed by atoms with Crippen molar-refractivity contribution < 1.29 is 9.53 Å². The minimum Gasteiger partial charge on any atom is -0.449 e. The molecule has 122 valence electrons. The predicted octanol–water partition coefficient (Wildman–Crippen LogP) is 4.53. The molecule has 3 nitrogen and oxygen atoms in total. The summed E-state index contributed by atoms with van der Waals surface area (Å²) in [6.45, 7) is 8.67. The highest BCUT2D eigenvalue weighted by atomic mass is 35.5. The summed E-state index contributed by atoms with van der Waals surface area (Å²) in [7, 11) is -1.55. The first-order valence-electron chi connectivity index (χ1n) is 7.72. The van der Waals surface area contributed by atoms with Crippen LogP contribution in [0.5, 0.6) is 0 Å². The lowest BCUT2D eigenvalue weighted by atomic mass is 9.96. The predicted molar refractivity (Wildman–Crippen MR) is 99.6 cm³/mol. The lowest BCUT2D eigenvalue weighted by Crippen LogP contribution is -2.42. The van der Waals surface area contributed by atoms with Crippen LogP contribution in [-0.4, -0.2) is 32.7 Å². The Hall–Kier alpha value is -1.70. The number of anilines is 1. The number of ether oxygens (including phenoxy) is 1. The van der Waals surface area contributed by atoms with E-state index in [-0.39, 0.29) is 12.1 Å². The van der Waals surface area contributed by atoms with Crippen LogP contribution >= 0.6 is 11.6 Å². The van der Waals surface area contributed by atoms with Crippen molar-refractivity contribution in [2.24, 2.45) is 0 Å². The minimum atomic E-state index is -1.55. The number of rotatable bonds is 2. The Morgan fingerprint density at radius 1 is 1.35 bits per heavy atom. The molecule has 1 aromatic rings. The molecule has 0 aliphatic carbocycles. The Balaban J connectivity index is 2.54. The third-order valence-electron chi connectivity index (χ3n) is 3.35. The third-order valence-corrected chi connectivity index (χ3v) is 4.53. The van der Waals surface area contributed by atoms with Crippen LogP contribution in [-0.2, 0) is 4.74 Å². The summed E-state index contributed by atoms with van der Waals surface area (Å²) >= 11 is 6.11. The molecule has 0 saturated heterocycles. The highest BCUT2D eigenvalue weighted by molar-refractivity contribution is 6.83. The number of halogens is 1. The number of hydrogen-bond acceptors (Lipinski definition) is 2. The van der Waals surface area contributed by atoms with Gasteiger partial charge < -0.3 is 4.74 Å². The van der Waals surface area contributed by atoms with Crippen LogP contribution in [0.15, 0.2) is 30.3 Å². The highest BCUT2D eigenvalue weighted by Crippen LogP contribution is 2.35. The maximum atomic E-state index is 12.5. The number of benzene rings is 1. The molecule has 1 atom stereocenters. The standard InChI is InChI=1S/C18H22ClNO2Si/c1-5-22-18(21)20-15(10-11-23(2,3)4)12-14(13-19)16-8-6-7-9-17(16)20/h6-9,12,15H,5,13H2,1-4H3. The van der Waals surface area contributed by atoms with Crippen LogP contribution < -0.4 is 4.90 Å². The molecule has 0 spiro atoms. The summed E-state index contributed by atoms with van der Waals surface area (Å²) in [5.41, 5.74) is 6.11. The largest absolute Gasteiger partial charge is 0.449 e. The Morgan fingerprint density at radius 3 is 2.65 bits per heavy atom.